The van der Waals surface area contributed by atoms with Gasteiger partial charge in [0.15, 0.2) is 6.10 Å². The van der Waals surface area contributed by atoms with Gasteiger partial charge in [0.05, 0.1) is 0 Å². The highest BCUT2D eigenvalue weighted by atomic mass is 16.6. The number of cyclic esters (lactones) is 1. The Kier molecular flexibility index (Phi) is 6.43. The topological polar surface area (TPSA) is 55.8 Å². The van der Waals surface area contributed by atoms with E-state index in [2.05, 4.69) is 6.08 Å². The minimum Gasteiger partial charge on any atom is -0.453 e. The van der Waals surface area contributed by atoms with E-state index in [1.165, 1.54) is 0 Å². The van der Waals surface area contributed by atoms with E-state index in [0.717, 1.165) is 29.5 Å². The third-order valence-corrected chi connectivity index (χ3v) is 6.51. The molecule has 0 N–H and O–H groups in total. The summed E-state index contributed by atoms with van der Waals surface area (Å²) in [4.78, 5) is 28.8. The van der Waals surface area contributed by atoms with E-state index >= 15 is 0 Å². The molecule has 34 heavy (non-hydrogen) atoms. The first-order valence-corrected chi connectivity index (χ1v) is 11.7. The van der Waals surface area contributed by atoms with Gasteiger partial charge in [-0.25, -0.2) is 9.59 Å². The van der Waals surface area contributed by atoms with Crippen LogP contribution in [0.25, 0.3) is 0 Å². The maximum Gasteiger partial charge on any atom is 0.411 e. The number of morpholine rings is 1. The molecule has 3 aromatic rings. The molecular weight excluding hydrogens is 426 g/mol. The quantitative estimate of drug-likeness (QED) is 0.351. The van der Waals surface area contributed by atoms with Gasteiger partial charge in [-0.2, -0.15) is 0 Å². The van der Waals surface area contributed by atoms with Crippen LogP contribution >= 0.6 is 0 Å². The molecule has 0 aromatic heterocycles. The fourth-order valence-electron chi connectivity index (χ4n) is 4.89. The van der Waals surface area contributed by atoms with Crippen molar-refractivity contribution in [2.24, 2.45) is 5.92 Å². The zero-order valence-corrected chi connectivity index (χ0v) is 18.8. The average Bonchev–Trinajstić information content (AvgIpc) is 3.43. The van der Waals surface area contributed by atoms with E-state index in [1.807, 2.05) is 97.1 Å². The summed E-state index contributed by atoms with van der Waals surface area (Å²) in [7, 11) is 0. The number of hydrogen-bond donors (Lipinski definition) is 0. The smallest absolute Gasteiger partial charge is 0.411 e. The number of benzene rings is 3. The van der Waals surface area contributed by atoms with Crippen LogP contribution < -0.4 is 0 Å². The van der Waals surface area contributed by atoms with Crippen LogP contribution in [-0.2, 0) is 20.9 Å². The summed E-state index contributed by atoms with van der Waals surface area (Å²) in [5.74, 6) is -0.506. The molecule has 5 heteroatoms. The molecule has 1 aliphatic heterocycles. The van der Waals surface area contributed by atoms with E-state index in [-0.39, 0.29) is 12.5 Å². The first-order chi connectivity index (χ1) is 16.7. The Balaban J connectivity index is 1.56. The molecule has 3 aromatic carbocycles. The van der Waals surface area contributed by atoms with Gasteiger partial charge in [0.2, 0.25) is 0 Å². The lowest BCUT2D eigenvalue weighted by Gasteiger charge is -2.46. The minimum atomic E-state index is -0.743. The van der Waals surface area contributed by atoms with Gasteiger partial charge in [-0.05, 0) is 29.5 Å². The number of allylic oxidation sites excluding steroid dienone is 1. The van der Waals surface area contributed by atoms with Crippen molar-refractivity contribution in [2.75, 3.05) is 0 Å². The van der Waals surface area contributed by atoms with Crippen LogP contribution in [0.1, 0.15) is 41.7 Å². The van der Waals surface area contributed by atoms with Crippen LogP contribution in [0, 0.1) is 5.92 Å². The van der Waals surface area contributed by atoms with Crippen LogP contribution in [0.15, 0.2) is 103 Å². The molecule has 0 bridgehead atoms. The summed E-state index contributed by atoms with van der Waals surface area (Å²) in [5, 5.41) is 0. The summed E-state index contributed by atoms with van der Waals surface area (Å²) >= 11 is 0. The Labute approximate surface area is 199 Å². The third-order valence-electron chi connectivity index (χ3n) is 6.51. The molecule has 0 radical (unpaired) electrons. The third kappa shape index (κ3) is 4.46. The molecule has 1 heterocycles. The number of ether oxygens (including phenoxy) is 2. The van der Waals surface area contributed by atoms with Crippen molar-refractivity contribution in [1.29, 1.82) is 0 Å². The van der Waals surface area contributed by atoms with Gasteiger partial charge in [-0.15, -0.1) is 0 Å². The number of carbonyl (C=O) groups is 2. The molecule has 1 aliphatic carbocycles. The maximum atomic E-state index is 13.7. The lowest BCUT2D eigenvalue weighted by Crippen LogP contribution is -2.56. The Morgan fingerprint density at radius 3 is 2.09 bits per heavy atom. The number of nitrogens with zero attached hydrogens (tertiary/aromatic N) is 1. The van der Waals surface area contributed by atoms with Crippen molar-refractivity contribution in [3.63, 3.8) is 0 Å². The Morgan fingerprint density at radius 1 is 0.853 bits per heavy atom. The van der Waals surface area contributed by atoms with E-state index in [9.17, 15) is 9.59 Å². The Hall–Kier alpha value is -3.86. The predicted octanol–water partition coefficient (Wildman–Crippen LogP) is 6.00. The second kappa shape index (κ2) is 9.96. The van der Waals surface area contributed by atoms with Gasteiger partial charge in [0.1, 0.15) is 18.7 Å². The van der Waals surface area contributed by atoms with Gasteiger partial charge in [0, 0.05) is 5.92 Å². The van der Waals surface area contributed by atoms with Gasteiger partial charge in [-0.3, -0.25) is 4.90 Å². The number of amides is 1. The summed E-state index contributed by atoms with van der Waals surface area (Å²) in [6, 6.07) is 27.7. The van der Waals surface area contributed by atoms with Gasteiger partial charge in [-0.1, -0.05) is 103 Å². The largest absolute Gasteiger partial charge is 0.453 e. The molecule has 0 saturated carbocycles. The van der Waals surface area contributed by atoms with Crippen LogP contribution in [-0.4, -0.2) is 23.0 Å². The van der Waals surface area contributed by atoms with Crippen molar-refractivity contribution in [2.45, 2.75) is 37.6 Å². The molecule has 0 spiro atoms. The fraction of sp³-hybridized carbons (Fsp3) is 0.241. The summed E-state index contributed by atoms with van der Waals surface area (Å²) < 4.78 is 11.9. The molecule has 2 aliphatic rings. The Morgan fingerprint density at radius 2 is 1.47 bits per heavy atom. The van der Waals surface area contributed by atoms with Gasteiger partial charge >= 0.3 is 12.1 Å². The fourth-order valence-corrected chi connectivity index (χ4v) is 4.89. The zero-order chi connectivity index (χ0) is 23.3. The highest BCUT2D eigenvalue weighted by molar-refractivity contribution is 5.84. The van der Waals surface area contributed by atoms with Gasteiger partial charge in [0.25, 0.3) is 0 Å². The van der Waals surface area contributed by atoms with Crippen molar-refractivity contribution in [3.05, 3.63) is 120 Å². The SMILES string of the molecule is O=C1O[C@H](c2ccccc2)[C@H](c2ccccc2)N(C(=O)OCc2ccccc2)[C@H]1C1C=CCC1. The van der Waals surface area contributed by atoms with Crippen molar-refractivity contribution in [1.82, 2.24) is 4.90 Å². The first-order valence-electron chi connectivity index (χ1n) is 11.7. The maximum absolute atomic E-state index is 13.7. The van der Waals surface area contributed by atoms with Gasteiger partial charge < -0.3 is 9.47 Å². The predicted molar refractivity (Wildman–Crippen MR) is 129 cm³/mol. The van der Waals surface area contributed by atoms with Crippen LogP contribution in [0.4, 0.5) is 4.79 Å². The lowest BCUT2D eigenvalue weighted by atomic mass is 9.87. The van der Waals surface area contributed by atoms with E-state index in [4.69, 9.17) is 9.47 Å². The second-order valence-corrected chi connectivity index (χ2v) is 8.69. The second-order valence-electron chi connectivity index (χ2n) is 8.69. The van der Waals surface area contributed by atoms with Crippen LogP contribution in [0.5, 0.6) is 0 Å². The highest BCUT2D eigenvalue weighted by Gasteiger charge is 2.51. The van der Waals surface area contributed by atoms with Crippen molar-refractivity contribution in [3.8, 4) is 0 Å². The number of esters is 1. The molecule has 4 atom stereocenters. The molecule has 1 amide bonds. The van der Waals surface area contributed by atoms with E-state index < -0.39 is 30.3 Å². The van der Waals surface area contributed by atoms with E-state index in [1.54, 1.807) is 4.90 Å². The molecule has 5 rings (SSSR count). The monoisotopic (exact) mass is 453 g/mol. The molecule has 1 unspecified atom stereocenters. The summed E-state index contributed by atoms with van der Waals surface area (Å²) in [5.41, 5.74) is 2.63. The number of rotatable bonds is 5. The van der Waals surface area contributed by atoms with Crippen molar-refractivity contribution < 1.29 is 19.1 Å². The first kappa shape index (κ1) is 22.0. The van der Waals surface area contributed by atoms with E-state index in [0.29, 0.717) is 0 Å². The summed E-state index contributed by atoms with van der Waals surface area (Å²) in [6.45, 7) is 0.135. The zero-order valence-electron chi connectivity index (χ0n) is 18.8. The Bertz CT molecular complexity index is 1150. The van der Waals surface area contributed by atoms with Crippen LogP contribution in [0.2, 0.25) is 0 Å². The highest BCUT2D eigenvalue weighted by Crippen LogP contribution is 2.45. The molecule has 5 nitrogen and oxygen atoms in total. The molecular formula is C29H27NO4. The summed E-state index contributed by atoms with van der Waals surface area (Å²) in [6.07, 6.45) is 4.60. The number of carbonyl (C=O) groups excluding carboxylic acids is 2. The number of hydrogen-bond acceptors (Lipinski definition) is 4. The van der Waals surface area contributed by atoms with Crippen LogP contribution in [0.3, 0.4) is 0 Å². The lowest BCUT2D eigenvalue weighted by molar-refractivity contribution is -0.175. The van der Waals surface area contributed by atoms with Crippen molar-refractivity contribution >= 4 is 12.1 Å². The minimum absolute atomic E-state index is 0.111. The molecule has 172 valence electrons. The average molecular weight is 454 g/mol. The molecule has 1 saturated heterocycles. The standard InChI is InChI=1S/C29H27NO4/c31-28-26(23-16-10-11-17-23)30(29(32)33-20-21-12-4-1-5-13-21)25(22-14-6-2-7-15-22)27(34-28)24-18-8-3-9-19-24/h1-10,12-16,18-19,23,25-27H,11,17,20H2/t23?,25-,26-,27+/m0/s1. The normalized spacial score (nSPS) is 24.0. The molecule has 1 fully saturated rings.